The zero-order valence-corrected chi connectivity index (χ0v) is 14.4. The van der Waals surface area contributed by atoms with E-state index in [0.717, 1.165) is 0 Å². The van der Waals surface area contributed by atoms with Gasteiger partial charge in [-0.2, -0.15) is 31.3 Å². The van der Waals surface area contributed by atoms with Gasteiger partial charge in [0.1, 0.15) is 12.1 Å². The van der Waals surface area contributed by atoms with Crippen LogP contribution in [0.3, 0.4) is 0 Å². The fourth-order valence-electron chi connectivity index (χ4n) is 2.25. The Morgan fingerprint density at radius 3 is 1.23 bits per heavy atom. The minimum atomic E-state index is -2.50. The van der Waals surface area contributed by atoms with Crippen LogP contribution in [0.2, 0.25) is 0 Å². The van der Waals surface area contributed by atoms with E-state index >= 15 is 0 Å². The van der Waals surface area contributed by atoms with Crippen LogP contribution in [0.4, 0.5) is 0 Å². The summed E-state index contributed by atoms with van der Waals surface area (Å²) in [6, 6.07) is 2.99. The molecule has 0 aromatic carbocycles. The van der Waals surface area contributed by atoms with Crippen molar-refractivity contribution < 1.29 is 19.8 Å². The lowest BCUT2D eigenvalue weighted by Gasteiger charge is -2.23. The minimum Gasteiger partial charge on any atom is -0.479 e. The van der Waals surface area contributed by atoms with Crippen LogP contribution in [-0.2, 0) is 9.59 Å². The molecule has 136 valence electrons. The molecule has 2 unspecified atom stereocenters. The quantitative estimate of drug-likeness (QED) is 0.553. The van der Waals surface area contributed by atoms with Crippen molar-refractivity contribution in [3.8, 4) is 24.3 Å². The average molecular weight is 358 g/mol. The standard InChI is InChI=1S/C16H18N6O4/c1-3-5-11(15(7-17,8-18)13(23)24)21-22-12(6-4-2)16(9-19,10-20)14(25)26/h11-12H,3-6H2,1-2H3,(H,23,24)(H,25,26). The predicted molar refractivity (Wildman–Crippen MR) is 84.8 cm³/mol. The number of aliphatic carboxylic acids is 2. The molecule has 0 heterocycles. The highest BCUT2D eigenvalue weighted by molar-refractivity contribution is 5.83. The SMILES string of the molecule is CCCC(N=NC(CCC)C(C#N)(C#N)C(=O)O)C(C#N)(C#N)C(=O)O. The fourth-order valence-corrected chi connectivity index (χ4v) is 2.25. The Bertz CT molecular complexity index is 644. The number of carboxylic acid groups (broad SMARTS) is 2. The summed E-state index contributed by atoms with van der Waals surface area (Å²) in [5, 5.41) is 62.9. The highest BCUT2D eigenvalue weighted by Gasteiger charge is 2.50. The molecule has 2 atom stereocenters. The molecule has 0 saturated heterocycles. The first kappa shape index (κ1) is 22.5. The predicted octanol–water partition coefficient (Wildman–Crippen LogP) is 2.01. The van der Waals surface area contributed by atoms with Crippen LogP contribution in [0.15, 0.2) is 10.2 Å². The normalized spacial score (nSPS) is 13.6. The Morgan fingerprint density at radius 1 is 0.808 bits per heavy atom. The third-order valence-electron chi connectivity index (χ3n) is 3.85. The van der Waals surface area contributed by atoms with Crippen molar-refractivity contribution in [1.29, 1.82) is 21.0 Å². The van der Waals surface area contributed by atoms with Crippen LogP contribution < -0.4 is 0 Å². The van der Waals surface area contributed by atoms with Gasteiger partial charge in [-0.25, -0.2) is 9.59 Å². The van der Waals surface area contributed by atoms with Crippen LogP contribution in [0, 0.1) is 56.2 Å². The number of hydrogen-bond acceptors (Lipinski definition) is 8. The molecule has 2 N–H and O–H groups in total. The molecule has 26 heavy (non-hydrogen) atoms. The van der Waals surface area contributed by atoms with E-state index in [2.05, 4.69) is 10.2 Å². The number of carbonyl (C=O) groups is 2. The van der Waals surface area contributed by atoms with Gasteiger partial charge < -0.3 is 10.2 Å². The van der Waals surface area contributed by atoms with Gasteiger partial charge in [-0.3, -0.25) is 0 Å². The van der Waals surface area contributed by atoms with E-state index in [9.17, 15) is 40.8 Å². The molecule has 0 fully saturated rings. The minimum absolute atomic E-state index is 0.0228. The van der Waals surface area contributed by atoms with Crippen LogP contribution in [0.1, 0.15) is 39.5 Å². The van der Waals surface area contributed by atoms with Crippen LogP contribution in [-0.4, -0.2) is 34.2 Å². The van der Waals surface area contributed by atoms with E-state index in [1.54, 1.807) is 13.8 Å². The lowest BCUT2D eigenvalue weighted by atomic mass is 9.80. The first-order chi connectivity index (χ1) is 12.3. The summed E-state index contributed by atoms with van der Waals surface area (Å²) in [6.07, 6.45) is 0.798. The summed E-state index contributed by atoms with van der Waals surface area (Å²) in [5.74, 6) is -3.39. The molecule has 10 heteroatoms. The summed E-state index contributed by atoms with van der Waals surface area (Å²) in [7, 11) is 0. The van der Waals surface area contributed by atoms with Crippen molar-refractivity contribution >= 4 is 11.9 Å². The van der Waals surface area contributed by atoms with Crippen molar-refractivity contribution in [1.82, 2.24) is 0 Å². The first-order valence-electron chi connectivity index (χ1n) is 7.77. The molecule has 0 bridgehead atoms. The molecule has 10 nitrogen and oxygen atoms in total. The highest BCUT2D eigenvalue weighted by Crippen LogP contribution is 2.31. The van der Waals surface area contributed by atoms with Crippen molar-refractivity contribution in [2.24, 2.45) is 21.1 Å². The maximum absolute atomic E-state index is 11.4. The average Bonchev–Trinajstić information content (AvgIpc) is 2.61. The van der Waals surface area contributed by atoms with Gasteiger partial charge in [0.05, 0.1) is 24.3 Å². The molecular formula is C16H18N6O4. The van der Waals surface area contributed by atoms with Gasteiger partial charge in [0.15, 0.2) is 0 Å². The van der Waals surface area contributed by atoms with Crippen molar-refractivity contribution in [2.45, 2.75) is 51.6 Å². The molecular weight excluding hydrogens is 340 g/mol. The third kappa shape index (κ3) is 4.12. The summed E-state index contributed by atoms with van der Waals surface area (Å²) in [5.41, 5.74) is -5.00. The molecule has 0 amide bonds. The van der Waals surface area contributed by atoms with Gasteiger partial charge in [0.25, 0.3) is 10.8 Å². The largest absolute Gasteiger partial charge is 0.479 e. The van der Waals surface area contributed by atoms with Crippen LogP contribution in [0.5, 0.6) is 0 Å². The first-order valence-corrected chi connectivity index (χ1v) is 7.77. The summed E-state index contributed by atoms with van der Waals surface area (Å²) in [4.78, 5) is 22.9. The fraction of sp³-hybridized carbons (Fsp3) is 0.625. The summed E-state index contributed by atoms with van der Waals surface area (Å²) >= 11 is 0. The topological polar surface area (TPSA) is 194 Å². The van der Waals surface area contributed by atoms with Gasteiger partial charge in [0.2, 0.25) is 0 Å². The second kappa shape index (κ2) is 9.71. The molecule has 0 radical (unpaired) electrons. The second-order valence-electron chi connectivity index (χ2n) is 5.51. The van der Waals surface area contributed by atoms with Gasteiger partial charge in [-0.05, 0) is 12.8 Å². The maximum Gasteiger partial charge on any atom is 0.341 e. The Morgan fingerprint density at radius 2 is 1.08 bits per heavy atom. The molecule has 0 rings (SSSR count). The number of hydrogen-bond donors (Lipinski definition) is 2. The molecule has 0 aromatic heterocycles. The van der Waals surface area contributed by atoms with E-state index in [0.29, 0.717) is 12.8 Å². The molecule has 0 saturated carbocycles. The Balaban J connectivity index is 6.21. The smallest absolute Gasteiger partial charge is 0.341 e. The zero-order valence-electron chi connectivity index (χ0n) is 14.4. The Hall–Kier alpha value is -3.50. The van der Waals surface area contributed by atoms with Gasteiger partial charge in [-0.1, -0.05) is 26.7 Å². The number of nitriles is 4. The third-order valence-corrected chi connectivity index (χ3v) is 3.85. The van der Waals surface area contributed by atoms with Crippen LogP contribution >= 0.6 is 0 Å². The molecule has 0 aliphatic rings. The van der Waals surface area contributed by atoms with E-state index in [1.165, 1.54) is 24.3 Å². The van der Waals surface area contributed by atoms with E-state index in [4.69, 9.17) is 0 Å². The van der Waals surface area contributed by atoms with E-state index < -0.39 is 34.9 Å². The van der Waals surface area contributed by atoms with Gasteiger partial charge in [-0.15, -0.1) is 0 Å². The van der Waals surface area contributed by atoms with Gasteiger partial charge >= 0.3 is 11.9 Å². The zero-order chi connectivity index (χ0) is 20.4. The molecule has 0 aromatic rings. The summed E-state index contributed by atoms with van der Waals surface area (Å²) < 4.78 is 0. The van der Waals surface area contributed by atoms with Crippen molar-refractivity contribution in [3.63, 3.8) is 0 Å². The number of azo groups is 1. The number of nitrogens with zero attached hydrogens (tertiary/aromatic N) is 6. The molecule has 0 spiro atoms. The van der Waals surface area contributed by atoms with Gasteiger partial charge in [0, 0.05) is 0 Å². The maximum atomic E-state index is 11.4. The van der Waals surface area contributed by atoms with Crippen molar-refractivity contribution in [2.75, 3.05) is 0 Å². The molecule has 0 aliphatic carbocycles. The second-order valence-corrected chi connectivity index (χ2v) is 5.51. The summed E-state index contributed by atoms with van der Waals surface area (Å²) in [6.45, 7) is 3.36. The Labute approximate surface area is 150 Å². The number of carboxylic acids is 2. The van der Waals surface area contributed by atoms with Crippen LogP contribution in [0.25, 0.3) is 0 Å². The Kier molecular flexibility index (Phi) is 8.41. The number of rotatable bonds is 10. The van der Waals surface area contributed by atoms with E-state index in [1.807, 2.05) is 0 Å². The lowest BCUT2D eigenvalue weighted by Crippen LogP contribution is -2.41. The lowest BCUT2D eigenvalue weighted by molar-refractivity contribution is -0.145. The monoisotopic (exact) mass is 358 g/mol. The van der Waals surface area contributed by atoms with E-state index in [-0.39, 0.29) is 12.8 Å². The highest BCUT2D eigenvalue weighted by atomic mass is 16.4. The molecule has 0 aliphatic heterocycles. The van der Waals surface area contributed by atoms with Crippen molar-refractivity contribution in [3.05, 3.63) is 0 Å².